The standard InChI is InChI=1S/C19H23FN4O4/c1-2-28-18-15-12(14(22)13(20)16(18)23-6-5-9(21)7-23)17(25)11(19(26)27)8-24(15)10-3-4-10/h8-10H,2-7,21-22H2,1H3,(H,26,27). The maximum Gasteiger partial charge on any atom is 0.341 e. The molecule has 1 saturated heterocycles. The first-order valence-electron chi connectivity index (χ1n) is 9.41. The van der Waals surface area contributed by atoms with Crippen molar-refractivity contribution in [3.8, 4) is 5.75 Å². The van der Waals surface area contributed by atoms with Gasteiger partial charge in [0.05, 0.1) is 23.2 Å². The van der Waals surface area contributed by atoms with Crippen molar-refractivity contribution in [2.75, 3.05) is 30.3 Å². The van der Waals surface area contributed by atoms with E-state index in [1.807, 2.05) is 0 Å². The van der Waals surface area contributed by atoms with Gasteiger partial charge in [-0.05, 0) is 26.2 Å². The Morgan fingerprint density at radius 2 is 2.11 bits per heavy atom. The highest BCUT2D eigenvalue weighted by Gasteiger charge is 2.34. The molecule has 5 N–H and O–H groups in total. The zero-order valence-electron chi connectivity index (χ0n) is 15.6. The number of ether oxygens (including phenoxy) is 1. The van der Waals surface area contributed by atoms with E-state index in [9.17, 15) is 14.7 Å². The molecule has 28 heavy (non-hydrogen) atoms. The van der Waals surface area contributed by atoms with Crippen LogP contribution in [0.25, 0.3) is 10.9 Å². The lowest BCUT2D eigenvalue weighted by molar-refractivity contribution is 0.0695. The molecule has 2 aliphatic rings. The molecule has 0 bridgehead atoms. The van der Waals surface area contributed by atoms with Crippen LogP contribution in [0.3, 0.4) is 0 Å². The predicted octanol–water partition coefficient (Wildman–Crippen LogP) is 1.69. The van der Waals surface area contributed by atoms with E-state index in [2.05, 4.69) is 0 Å². The summed E-state index contributed by atoms with van der Waals surface area (Å²) in [6.07, 6.45) is 3.70. The van der Waals surface area contributed by atoms with Crippen LogP contribution in [0.2, 0.25) is 0 Å². The average molecular weight is 390 g/mol. The number of aromatic carboxylic acids is 1. The van der Waals surface area contributed by atoms with E-state index in [0.717, 1.165) is 12.8 Å². The molecule has 2 heterocycles. The molecule has 0 radical (unpaired) electrons. The number of nitrogens with two attached hydrogens (primary N) is 2. The minimum atomic E-state index is -1.37. The number of halogens is 1. The van der Waals surface area contributed by atoms with E-state index in [0.29, 0.717) is 25.0 Å². The van der Waals surface area contributed by atoms with Crippen LogP contribution in [0.15, 0.2) is 11.0 Å². The van der Waals surface area contributed by atoms with Crippen LogP contribution in [-0.2, 0) is 0 Å². The first-order valence-corrected chi connectivity index (χ1v) is 9.41. The van der Waals surface area contributed by atoms with Crippen LogP contribution in [-0.4, -0.2) is 41.4 Å². The van der Waals surface area contributed by atoms with Crippen molar-refractivity contribution in [2.24, 2.45) is 5.73 Å². The van der Waals surface area contributed by atoms with Crippen LogP contribution in [0, 0.1) is 5.82 Å². The van der Waals surface area contributed by atoms with Crippen LogP contribution in [0.4, 0.5) is 15.8 Å². The first kappa shape index (κ1) is 18.5. The Balaban J connectivity index is 2.13. The summed E-state index contributed by atoms with van der Waals surface area (Å²) < 4.78 is 22.9. The fraction of sp³-hybridized carbons (Fsp3) is 0.474. The Bertz CT molecular complexity index is 1030. The molecule has 0 spiro atoms. The third-order valence-electron chi connectivity index (χ3n) is 5.38. The van der Waals surface area contributed by atoms with Crippen molar-refractivity contribution in [3.63, 3.8) is 0 Å². The maximum absolute atomic E-state index is 15.4. The van der Waals surface area contributed by atoms with E-state index in [1.165, 1.54) is 6.20 Å². The first-order chi connectivity index (χ1) is 13.3. The second-order valence-corrected chi connectivity index (χ2v) is 7.37. The van der Waals surface area contributed by atoms with Gasteiger partial charge in [-0.2, -0.15) is 0 Å². The Hall–Kier alpha value is -2.81. The van der Waals surface area contributed by atoms with Gasteiger partial charge in [0.1, 0.15) is 11.3 Å². The van der Waals surface area contributed by atoms with Gasteiger partial charge in [-0.15, -0.1) is 0 Å². The van der Waals surface area contributed by atoms with Gasteiger partial charge in [-0.25, -0.2) is 9.18 Å². The molecule has 1 aliphatic carbocycles. The fourth-order valence-electron chi connectivity index (χ4n) is 3.91. The van der Waals surface area contributed by atoms with Gasteiger partial charge in [0.25, 0.3) is 0 Å². The molecule has 9 heteroatoms. The van der Waals surface area contributed by atoms with E-state index in [4.69, 9.17) is 16.2 Å². The molecule has 8 nitrogen and oxygen atoms in total. The Kier molecular flexibility index (Phi) is 4.41. The van der Waals surface area contributed by atoms with Crippen molar-refractivity contribution in [3.05, 3.63) is 27.8 Å². The van der Waals surface area contributed by atoms with Gasteiger partial charge >= 0.3 is 5.97 Å². The summed E-state index contributed by atoms with van der Waals surface area (Å²) in [4.78, 5) is 26.2. The molecular weight excluding hydrogens is 367 g/mol. The molecule has 1 aromatic carbocycles. The van der Waals surface area contributed by atoms with Gasteiger partial charge < -0.3 is 30.8 Å². The minimum Gasteiger partial charge on any atom is -0.489 e. The van der Waals surface area contributed by atoms with Crippen molar-refractivity contribution >= 4 is 28.2 Å². The van der Waals surface area contributed by atoms with Crippen molar-refractivity contribution < 1.29 is 19.0 Å². The maximum atomic E-state index is 15.4. The highest BCUT2D eigenvalue weighted by Crippen LogP contribution is 2.46. The zero-order valence-corrected chi connectivity index (χ0v) is 15.6. The summed E-state index contributed by atoms with van der Waals surface area (Å²) >= 11 is 0. The highest BCUT2D eigenvalue weighted by atomic mass is 19.1. The van der Waals surface area contributed by atoms with Gasteiger partial charge in [0.15, 0.2) is 11.6 Å². The summed E-state index contributed by atoms with van der Waals surface area (Å²) in [6.45, 7) is 3.02. The van der Waals surface area contributed by atoms with Crippen molar-refractivity contribution in [2.45, 2.75) is 38.3 Å². The van der Waals surface area contributed by atoms with E-state index in [1.54, 1.807) is 16.4 Å². The summed E-state index contributed by atoms with van der Waals surface area (Å²) in [5.41, 5.74) is 11.0. The third-order valence-corrected chi connectivity index (χ3v) is 5.38. The fourth-order valence-corrected chi connectivity index (χ4v) is 3.91. The number of carboxylic acids is 1. The number of aromatic nitrogens is 1. The largest absolute Gasteiger partial charge is 0.489 e. The molecule has 2 aromatic rings. The quantitative estimate of drug-likeness (QED) is 0.664. The number of anilines is 2. The number of carboxylic acid groups (broad SMARTS) is 1. The van der Waals surface area contributed by atoms with Gasteiger partial charge in [0.2, 0.25) is 5.43 Å². The van der Waals surface area contributed by atoms with Crippen LogP contribution >= 0.6 is 0 Å². The molecule has 1 unspecified atom stereocenters. The zero-order chi connectivity index (χ0) is 20.2. The second-order valence-electron chi connectivity index (χ2n) is 7.37. The third kappa shape index (κ3) is 2.77. The number of hydrogen-bond acceptors (Lipinski definition) is 6. The highest BCUT2D eigenvalue weighted by molar-refractivity contribution is 6.03. The molecule has 0 amide bonds. The lowest BCUT2D eigenvalue weighted by atomic mass is 10.1. The van der Waals surface area contributed by atoms with Gasteiger partial charge in [-0.1, -0.05) is 0 Å². The van der Waals surface area contributed by atoms with Crippen LogP contribution < -0.4 is 26.5 Å². The number of benzene rings is 1. The van der Waals surface area contributed by atoms with Gasteiger partial charge in [0, 0.05) is 31.4 Å². The summed E-state index contributed by atoms with van der Waals surface area (Å²) in [6, 6.07) is -0.0650. The Labute approximate surface area is 160 Å². The number of pyridine rings is 1. The number of nitrogen functional groups attached to an aromatic ring is 1. The summed E-state index contributed by atoms with van der Waals surface area (Å²) in [5.74, 6) is -1.92. The SMILES string of the molecule is CCOc1c(N2CCC(N)C2)c(F)c(N)c2c(=O)c(C(=O)O)cn(C3CC3)c12. The number of nitrogens with zero attached hydrogens (tertiary/aromatic N) is 2. The normalized spacial score (nSPS) is 19.4. The van der Waals surface area contributed by atoms with Crippen LogP contribution in [0.1, 0.15) is 42.6 Å². The van der Waals surface area contributed by atoms with Crippen LogP contribution in [0.5, 0.6) is 5.75 Å². The minimum absolute atomic E-state index is 0.0268. The lowest BCUT2D eigenvalue weighted by Gasteiger charge is -2.26. The van der Waals surface area contributed by atoms with E-state index < -0.39 is 22.8 Å². The smallest absolute Gasteiger partial charge is 0.341 e. The average Bonchev–Trinajstić information content (AvgIpc) is 3.40. The van der Waals surface area contributed by atoms with E-state index >= 15 is 4.39 Å². The molecule has 1 atom stereocenters. The molecular formula is C19H23FN4O4. The molecule has 2 fully saturated rings. The van der Waals surface area contributed by atoms with Gasteiger partial charge in [-0.3, -0.25) is 4.79 Å². The summed E-state index contributed by atoms with van der Waals surface area (Å²) in [5, 5.41) is 9.30. The van der Waals surface area contributed by atoms with Crippen molar-refractivity contribution in [1.82, 2.24) is 4.57 Å². The lowest BCUT2D eigenvalue weighted by Crippen LogP contribution is -2.28. The number of fused-ring (bicyclic) bond motifs is 1. The Morgan fingerprint density at radius 1 is 1.39 bits per heavy atom. The summed E-state index contributed by atoms with van der Waals surface area (Å²) in [7, 11) is 0. The topological polar surface area (TPSA) is 124 Å². The molecule has 1 aromatic heterocycles. The number of hydrogen-bond donors (Lipinski definition) is 3. The second kappa shape index (κ2) is 6.66. The van der Waals surface area contributed by atoms with E-state index in [-0.39, 0.29) is 41.2 Å². The number of carbonyl (C=O) groups is 1. The molecule has 4 rings (SSSR count). The predicted molar refractivity (Wildman–Crippen MR) is 104 cm³/mol. The van der Waals surface area contributed by atoms with Crippen molar-refractivity contribution in [1.29, 1.82) is 0 Å². The molecule has 1 saturated carbocycles. The molecule has 1 aliphatic heterocycles. The number of rotatable bonds is 5. The monoisotopic (exact) mass is 390 g/mol. The Morgan fingerprint density at radius 3 is 2.64 bits per heavy atom. The molecule has 150 valence electrons.